The predicted molar refractivity (Wildman–Crippen MR) is 79.9 cm³/mol. The molecule has 0 saturated carbocycles. The molecule has 90 valence electrons. The molecule has 0 amide bonds. The number of hydrogen-bond acceptors (Lipinski definition) is 0. The topological polar surface area (TPSA) is 4.93 Å². The molecule has 1 heterocycles. The Kier molecular flexibility index (Phi) is 2.96. The van der Waals surface area contributed by atoms with E-state index < -0.39 is 0 Å². The van der Waals surface area contributed by atoms with E-state index in [4.69, 9.17) is 0 Å². The maximum atomic E-state index is 3.61. The quantitative estimate of drug-likeness (QED) is 0.643. The van der Waals surface area contributed by atoms with Gasteiger partial charge in [-0.05, 0) is 30.2 Å². The molecule has 0 radical (unpaired) electrons. The summed E-state index contributed by atoms with van der Waals surface area (Å²) < 4.78 is 3.48. The average molecular weight is 300 g/mol. The van der Waals surface area contributed by atoms with Gasteiger partial charge in [0.05, 0.1) is 0 Å². The van der Waals surface area contributed by atoms with Gasteiger partial charge in [0.25, 0.3) is 0 Å². The first-order valence-corrected chi connectivity index (χ1v) is 6.83. The van der Waals surface area contributed by atoms with Gasteiger partial charge >= 0.3 is 0 Å². The molecule has 0 N–H and O–H groups in total. The largest absolute Gasteiger partial charge is 0.343 e. The number of hydrogen-bond donors (Lipinski definition) is 0. The van der Waals surface area contributed by atoms with Crippen molar-refractivity contribution in [2.45, 2.75) is 13.5 Å². The second-order valence-corrected chi connectivity index (χ2v) is 5.40. The van der Waals surface area contributed by atoms with Crippen LogP contribution in [-0.4, -0.2) is 4.57 Å². The zero-order chi connectivity index (χ0) is 12.5. The summed E-state index contributed by atoms with van der Waals surface area (Å²) in [6.07, 6.45) is 2.23. The molecule has 2 heteroatoms. The summed E-state index contributed by atoms with van der Waals surface area (Å²) in [7, 11) is 0. The molecule has 0 fully saturated rings. The highest BCUT2D eigenvalue weighted by atomic mass is 79.9. The van der Waals surface area contributed by atoms with E-state index in [-0.39, 0.29) is 0 Å². The molecule has 0 aliphatic rings. The van der Waals surface area contributed by atoms with Crippen LogP contribution >= 0.6 is 15.9 Å². The molecule has 3 aromatic rings. The van der Waals surface area contributed by atoms with Crippen LogP contribution < -0.4 is 0 Å². The molecule has 18 heavy (non-hydrogen) atoms. The van der Waals surface area contributed by atoms with Crippen molar-refractivity contribution in [1.82, 2.24) is 4.57 Å². The fourth-order valence-corrected chi connectivity index (χ4v) is 2.78. The van der Waals surface area contributed by atoms with Crippen molar-refractivity contribution in [3.05, 3.63) is 70.3 Å². The maximum Gasteiger partial charge on any atom is 0.0487 e. The van der Waals surface area contributed by atoms with Crippen LogP contribution in [0.2, 0.25) is 0 Å². The van der Waals surface area contributed by atoms with E-state index in [2.05, 4.69) is 76.1 Å². The zero-order valence-electron chi connectivity index (χ0n) is 10.2. The Morgan fingerprint density at radius 2 is 1.72 bits per heavy atom. The maximum absolute atomic E-state index is 3.61. The van der Waals surface area contributed by atoms with Gasteiger partial charge in [0.2, 0.25) is 0 Å². The molecule has 0 spiro atoms. The van der Waals surface area contributed by atoms with Gasteiger partial charge < -0.3 is 4.57 Å². The summed E-state index contributed by atoms with van der Waals surface area (Å²) in [6, 6.07) is 16.9. The molecular weight excluding hydrogens is 286 g/mol. The van der Waals surface area contributed by atoms with Gasteiger partial charge in [-0.25, -0.2) is 0 Å². The minimum Gasteiger partial charge on any atom is -0.343 e. The van der Waals surface area contributed by atoms with Crippen LogP contribution in [0.15, 0.2) is 59.2 Å². The SMILES string of the molecule is Cc1cn(Cc2ccccc2Br)c2ccccc12. The van der Waals surface area contributed by atoms with Gasteiger partial charge in [-0.15, -0.1) is 0 Å². The Bertz CT molecular complexity index is 697. The van der Waals surface area contributed by atoms with Crippen LogP contribution in [0.5, 0.6) is 0 Å². The van der Waals surface area contributed by atoms with Gasteiger partial charge in [0.15, 0.2) is 0 Å². The third-order valence-electron chi connectivity index (χ3n) is 3.29. The first kappa shape index (κ1) is 11.5. The lowest BCUT2D eigenvalue weighted by Crippen LogP contribution is -1.98. The number of halogens is 1. The first-order valence-electron chi connectivity index (χ1n) is 6.03. The van der Waals surface area contributed by atoms with Crippen LogP contribution in [0.4, 0.5) is 0 Å². The molecular formula is C16H14BrN. The second kappa shape index (κ2) is 4.62. The normalized spacial score (nSPS) is 11.0. The Balaban J connectivity index is 2.08. The van der Waals surface area contributed by atoms with Crippen LogP contribution in [0.3, 0.4) is 0 Å². The molecule has 3 rings (SSSR count). The number of nitrogens with zero attached hydrogens (tertiary/aromatic N) is 1. The van der Waals surface area contributed by atoms with Gasteiger partial charge in [0, 0.05) is 28.1 Å². The number of fused-ring (bicyclic) bond motifs is 1. The molecule has 0 aliphatic heterocycles. The second-order valence-electron chi connectivity index (χ2n) is 4.55. The number of aromatic nitrogens is 1. The lowest BCUT2D eigenvalue weighted by atomic mass is 10.2. The Morgan fingerprint density at radius 1 is 1.00 bits per heavy atom. The van der Waals surface area contributed by atoms with Crippen LogP contribution in [0.1, 0.15) is 11.1 Å². The lowest BCUT2D eigenvalue weighted by Gasteiger charge is -2.07. The van der Waals surface area contributed by atoms with Crippen molar-refractivity contribution in [2.24, 2.45) is 0 Å². The predicted octanol–water partition coefficient (Wildman–Crippen LogP) is 4.76. The molecule has 2 aromatic carbocycles. The minimum atomic E-state index is 0.899. The Hall–Kier alpha value is -1.54. The number of rotatable bonds is 2. The third-order valence-corrected chi connectivity index (χ3v) is 4.06. The standard InChI is InChI=1S/C16H14BrN/c1-12-10-18(16-9-5-3-7-14(12)16)11-13-6-2-4-8-15(13)17/h2-10H,11H2,1H3. The van der Waals surface area contributed by atoms with Crippen molar-refractivity contribution in [3.63, 3.8) is 0 Å². The highest BCUT2D eigenvalue weighted by Crippen LogP contribution is 2.23. The Labute approximate surface area is 115 Å². The Morgan fingerprint density at radius 3 is 2.56 bits per heavy atom. The number of para-hydroxylation sites is 1. The van der Waals surface area contributed by atoms with Gasteiger partial charge in [-0.3, -0.25) is 0 Å². The smallest absolute Gasteiger partial charge is 0.0487 e. The fraction of sp³-hybridized carbons (Fsp3) is 0.125. The first-order chi connectivity index (χ1) is 8.75. The molecule has 1 nitrogen and oxygen atoms in total. The number of benzene rings is 2. The summed E-state index contributed by atoms with van der Waals surface area (Å²) in [5.74, 6) is 0. The molecule has 0 bridgehead atoms. The van der Waals surface area contributed by atoms with Crippen molar-refractivity contribution in [3.8, 4) is 0 Å². The summed E-state index contributed by atoms with van der Waals surface area (Å²) in [5, 5.41) is 1.34. The van der Waals surface area contributed by atoms with Crippen molar-refractivity contribution in [2.75, 3.05) is 0 Å². The van der Waals surface area contributed by atoms with Gasteiger partial charge in [0.1, 0.15) is 0 Å². The molecule has 0 unspecified atom stereocenters. The summed E-state index contributed by atoms with van der Waals surface area (Å²) in [4.78, 5) is 0. The van der Waals surface area contributed by atoms with E-state index in [1.807, 2.05) is 6.07 Å². The van der Waals surface area contributed by atoms with Gasteiger partial charge in [-0.2, -0.15) is 0 Å². The van der Waals surface area contributed by atoms with Crippen molar-refractivity contribution in [1.29, 1.82) is 0 Å². The van der Waals surface area contributed by atoms with Crippen LogP contribution in [-0.2, 0) is 6.54 Å². The van der Waals surface area contributed by atoms with Gasteiger partial charge in [-0.1, -0.05) is 52.3 Å². The van der Waals surface area contributed by atoms with Crippen molar-refractivity contribution < 1.29 is 0 Å². The summed E-state index contributed by atoms with van der Waals surface area (Å²) in [6.45, 7) is 3.06. The monoisotopic (exact) mass is 299 g/mol. The molecule has 0 saturated heterocycles. The highest BCUT2D eigenvalue weighted by Gasteiger charge is 2.06. The summed E-state index contributed by atoms with van der Waals surface area (Å²) >= 11 is 3.61. The summed E-state index contributed by atoms with van der Waals surface area (Å²) in [5.41, 5.74) is 3.93. The fourth-order valence-electron chi connectivity index (χ4n) is 2.37. The van der Waals surface area contributed by atoms with E-state index in [1.165, 1.54) is 26.5 Å². The van der Waals surface area contributed by atoms with Crippen molar-refractivity contribution >= 4 is 26.8 Å². The third kappa shape index (κ3) is 1.97. The van der Waals surface area contributed by atoms with Crippen LogP contribution in [0, 0.1) is 6.92 Å². The molecule has 0 atom stereocenters. The molecule has 0 aliphatic carbocycles. The zero-order valence-corrected chi connectivity index (χ0v) is 11.8. The van der Waals surface area contributed by atoms with Crippen LogP contribution in [0.25, 0.3) is 10.9 Å². The van der Waals surface area contributed by atoms with E-state index in [1.54, 1.807) is 0 Å². The lowest BCUT2D eigenvalue weighted by molar-refractivity contribution is 0.830. The minimum absolute atomic E-state index is 0.899. The average Bonchev–Trinajstić information content (AvgIpc) is 2.70. The molecule has 1 aromatic heterocycles. The number of aryl methyl sites for hydroxylation is 1. The van der Waals surface area contributed by atoms with E-state index in [9.17, 15) is 0 Å². The van der Waals surface area contributed by atoms with E-state index in [0.717, 1.165) is 6.54 Å². The van der Waals surface area contributed by atoms with E-state index in [0.29, 0.717) is 0 Å². The van der Waals surface area contributed by atoms with E-state index >= 15 is 0 Å². The highest BCUT2D eigenvalue weighted by molar-refractivity contribution is 9.10.